The first-order valence-electron chi connectivity index (χ1n) is 12.5. The highest BCUT2D eigenvalue weighted by molar-refractivity contribution is 7.13. The molecule has 4 aromatic rings. The Labute approximate surface area is 225 Å². The molecule has 0 aliphatic rings. The number of rotatable bonds is 9. The molecule has 0 saturated carbocycles. The highest BCUT2D eigenvalue weighted by Crippen LogP contribution is 2.37. The van der Waals surface area contributed by atoms with Crippen molar-refractivity contribution in [3.8, 4) is 22.1 Å². The summed E-state index contributed by atoms with van der Waals surface area (Å²) in [6.07, 6.45) is 4.50. The van der Waals surface area contributed by atoms with Gasteiger partial charge in [-0.3, -0.25) is 0 Å². The number of aryl methyl sites for hydroxylation is 2. The summed E-state index contributed by atoms with van der Waals surface area (Å²) >= 11 is 1.58. The zero-order valence-electron chi connectivity index (χ0n) is 23.0. The minimum atomic E-state index is -1.89. The molecular formula is C28H37N5O2SSi. The number of pyridine rings is 1. The van der Waals surface area contributed by atoms with E-state index in [4.69, 9.17) is 19.2 Å². The molecule has 0 saturated heterocycles. The number of aromatic nitrogens is 4. The van der Waals surface area contributed by atoms with Gasteiger partial charge in [0.25, 0.3) is 0 Å². The molecule has 0 fully saturated rings. The van der Waals surface area contributed by atoms with E-state index in [0.717, 1.165) is 50.5 Å². The molecule has 9 heteroatoms. The number of nitrogens with zero attached hydrogens (tertiary/aromatic N) is 4. The maximum absolute atomic E-state index is 6.57. The lowest BCUT2D eigenvalue weighted by atomic mass is 10.1. The third-order valence-electron chi connectivity index (χ3n) is 7.02. The van der Waals surface area contributed by atoms with Crippen LogP contribution in [0.3, 0.4) is 0 Å². The number of anilines is 2. The molecule has 4 rings (SSSR count). The van der Waals surface area contributed by atoms with Crippen LogP contribution in [0.5, 0.6) is 5.75 Å². The summed E-state index contributed by atoms with van der Waals surface area (Å²) in [5.41, 5.74) is 5.88. The Bertz CT molecular complexity index is 1360. The zero-order valence-corrected chi connectivity index (χ0v) is 24.9. The molecule has 1 N–H and O–H groups in total. The zero-order chi connectivity index (χ0) is 26.8. The van der Waals surface area contributed by atoms with E-state index in [1.807, 2.05) is 47.4 Å². The van der Waals surface area contributed by atoms with Crippen molar-refractivity contribution >= 4 is 31.2 Å². The summed E-state index contributed by atoms with van der Waals surface area (Å²) in [6.45, 7) is 16.1. The van der Waals surface area contributed by atoms with Crippen LogP contribution in [0, 0.1) is 13.8 Å². The second-order valence-corrected chi connectivity index (χ2v) is 16.5. The van der Waals surface area contributed by atoms with Crippen LogP contribution in [0.25, 0.3) is 16.4 Å². The van der Waals surface area contributed by atoms with E-state index in [-0.39, 0.29) is 5.04 Å². The lowest BCUT2D eigenvalue weighted by molar-refractivity contribution is 0.292. The number of hydrogen-bond donors (Lipinski definition) is 1. The van der Waals surface area contributed by atoms with E-state index < -0.39 is 8.32 Å². The first-order chi connectivity index (χ1) is 17.5. The van der Waals surface area contributed by atoms with Crippen LogP contribution in [0.1, 0.15) is 37.6 Å². The number of ether oxygens (including phenoxy) is 1. The van der Waals surface area contributed by atoms with Crippen molar-refractivity contribution in [2.75, 3.05) is 19.0 Å². The van der Waals surface area contributed by atoms with E-state index in [1.54, 1.807) is 24.6 Å². The van der Waals surface area contributed by atoms with E-state index >= 15 is 0 Å². The van der Waals surface area contributed by atoms with Gasteiger partial charge in [0.2, 0.25) is 0 Å². The number of hydrogen-bond acceptors (Lipinski definition) is 7. The summed E-state index contributed by atoms with van der Waals surface area (Å²) in [5, 5.41) is 11.5. The number of benzene rings is 1. The average molecular weight is 536 g/mol. The maximum Gasteiger partial charge on any atom is 0.191 e. The predicted molar refractivity (Wildman–Crippen MR) is 155 cm³/mol. The monoisotopic (exact) mass is 535 g/mol. The normalized spacial score (nSPS) is 12.1. The quantitative estimate of drug-likeness (QED) is 0.226. The number of methoxy groups -OCH3 is 1. The molecule has 0 unspecified atom stereocenters. The Hall–Kier alpha value is -3.01. The van der Waals surface area contributed by atoms with Gasteiger partial charge in [-0.1, -0.05) is 20.8 Å². The van der Waals surface area contributed by atoms with Gasteiger partial charge in [0.1, 0.15) is 22.3 Å². The van der Waals surface area contributed by atoms with Crippen molar-refractivity contribution in [3.63, 3.8) is 0 Å². The van der Waals surface area contributed by atoms with Crippen molar-refractivity contribution < 1.29 is 9.16 Å². The first kappa shape index (κ1) is 27.0. The van der Waals surface area contributed by atoms with Gasteiger partial charge in [0.15, 0.2) is 8.32 Å². The topological polar surface area (TPSA) is 74.1 Å². The average Bonchev–Trinajstić information content (AvgIpc) is 3.52. The minimum Gasteiger partial charge on any atom is -0.497 e. The van der Waals surface area contributed by atoms with Crippen LogP contribution >= 0.6 is 11.3 Å². The number of nitrogens with one attached hydrogen (secondary N) is 1. The molecule has 3 aromatic heterocycles. The fourth-order valence-corrected chi connectivity index (χ4v) is 5.46. The van der Waals surface area contributed by atoms with Gasteiger partial charge < -0.3 is 14.5 Å². The van der Waals surface area contributed by atoms with E-state index in [0.29, 0.717) is 13.0 Å². The molecule has 0 radical (unpaired) electrons. The Morgan fingerprint density at radius 1 is 1.11 bits per heavy atom. The molecule has 1 aromatic carbocycles. The van der Waals surface area contributed by atoms with Crippen molar-refractivity contribution in [1.82, 2.24) is 19.7 Å². The molecule has 7 nitrogen and oxygen atoms in total. The predicted octanol–water partition coefficient (Wildman–Crippen LogP) is 7.32. The van der Waals surface area contributed by atoms with Crippen LogP contribution in [-0.4, -0.2) is 41.8 Å². The third-order valence-corrected chi connectivity index (χ3v) is 12.4. The van der Waals surface area contributed by atoms with E-state index in [1.165, 1.54) is 0 Å². The molecule has 196 valence electrons. The van der Waals surface area contributed by atoms with Crippen molar-refractivity contribution in [1.29, 1.82) is 0 Å². The summed E-state index contributed by atoms with van der Waals surface area (Å²) in [6, 6.07) is 10.1. The van der Waals surface area contributed by atoms with Crippen LogP contribution < -0.4 is 10.1 Å². The Morgan fingerprint density at radius 2 is 1.89 bits per heavy atom. The first-order valence-corrected chi connectivity index (χ1v) is 16.3. The van der Waals surface area contributed by atoms with E-state index in [2.05, 4.69) is 57.2 Å². The fraction of sp³-hybridized carbons (Fsp3) is 0.393. The molecule has 3 heterocycles. The summed E-state index contributed by atoms with van der Waals surface area (Å²) in [5.74, 6) is 1.64. The van der Waals surface area contributed by atoms with Crippen molar-refractivity contribution in [2.45, 2.75) is 59.2 Å². The molecule has 0 aliphatic heterocycles. The Balaban J connectivity index is 1.73. The molecule has 0 amide bonds. The molecule has 0 aliphatic carbocycles. The second kappa shape index (κ2) is 10.8. The third kappa shape index (κ3) is 6.11. The van der Waals surface area contributed by atoms with Gasteiger partial charge in [0, 0.05) is 47.7 Å². The second-order valence-electron chi connectivity index (χ2n) is 10.8. The smallest absolute Gasteiger partial charge is 0.191 e. The highest BCUT2D eigenvalue weighted by Gasteiger charge is 2.37. The highest BCUT2D eigenvalue weighted by atomic mass is 32.1. The van der Waals surface area contributed by atoms with Gasteiger partial charge in [0.05, 0.1) is 12.8 Å². The molecule has 37 heavy (non-hydrogen) atoms. The van der Waals surface area contributed by atoms with Crippen LogP contribution in [0.4, 0.5) is 11.5 Å². The van der Waals surface area contributed by atoms with Crippen LogP contribution in [0.15, 0.2) is 48.1 Å². The van der Waals surface area contributed by atoms with Crippen LogP contribution in [-0.2, 0) is 10.8 Å². The summed E-state index contributed by atoms with van der Waals surface area (Å²) in [7, 11) is -0.212. The molecule has 0 bridgehead atoms. The lowest BCUT2D eigenvalue weighted by Gasteiger charge is -2.36. The van der Waals surface area contributed by atoms with Gasteiger partial charge in [-0.05, 0) is 67.9 Å². The molecular weight excluding hydrogens is 498 g/mol. The lowest BCUT2D eigenvalue weighted by Crippen LogP contribution is -2.41. The van der Waals surface area contributed by atoms with Crippen LogP contribution in [0.2, 0.25) is 18.1 Å². The van der Waals surface area contributed by atoms with Gasteiger partial charge in [-0.25, -0.2) is 14.6 Å². The summed E-state index contributed by atoms with van der Waals surface area (Å²) in [4.78, 5) is 9.34. The van der Waals surface area contributed by atoms with E-state index in [9.17, 15) is 0 Å². The fourth-order valence-electron chi connectivity index (χ4n) is 3.81. The van der Waals surface area contributed by atoms with Crippen molar-refractivity contribution in [3.05, 3.63) is 64.9 Å². The minimum absolute atomic E-state index is 0.146. The largest absolute Gasteiger partial charge is 0.497 e. The molecule has 0 atom stereocenters. The standard InChI is InChI=1S/C28H37N5O2SSi/c1-19-17-21(34-6)9-10-23(19)31-26-22(12-15-35-37(7,8)28(3,4)5)25(18-20(2)30-26)33-14-11-24(32-33)27-29-13-16-36-27/h9-11,13-14,16-18H,12,15H2,1-8H3,(H,30,31). The SMILES string of the molecule is COc1ccc(Nc2nc(C)cc(-n3ccc(-c4nccs4)n3)c2CCO[Si](C)(C)C(C)(C)C)c(C)c1. The van der Waals surface area contributed by atoms with Gasteiger partial charge in [-0.2, -0.15) is 5.10 Å². The maximum atomic E-state index is 6.57. The Kier molecular flexibility index (Phi) is 7.87. The van der Waals surface area contributed by atoms with Crippen molar-refractivity contribution in [2.24, 2.45) is 0 Å². The van der Waals surface area contributed by atoms with Gasteiger partial charge >= 0.3 is 0 Å². The number of thiazole rings is 1. The Morgan fingerprint density at radius 3 is 2.54 bits per heavy atom. The van der Waals surface area contributed by atoms with Gasteiger partial charge in [-0.15, -0.1) is 11.3 Å². The molecule has 0 spiro atoms. The summed E-state index contributed by atoms with van der Waals surface area (Å²) < 4.78 is 13.9.